The summed E-state index contributed by atoms with van der Waals surface area (Å²) in [6.45, 7) is 4.03. The average molecular weight is 352 g/mol. The molecule has 0 aromatic heterocycles. The number of nitrogens with one attached hydrogen (secondary N) is 1. The molecule has 2 saturated heterocycles. The first-order chi connectivity index (χ1) is 11.5. The Balaban J connectivity index is 1.45. The van der Waals surface area contributed by atoms with Crippen molar-refractivity contribution in [2.45, 2.75) is 43.8 Å². The Labute approximate surface area is 148 Å². The van der Waals surface area contributed by atoms with Gasteiger partial charge in [-0.2, -0.15) is 0 Å². The number of likely N-dealkylation sites (tertiary alicyclic amines) is 1. The molecule has 2 heterocycles. The van der Waals surface area contributed by atoms with E-state index in [1.165, 1.54) is 5.56 Å². The molecule has 132 valence electrons. The first kappa shape index (κ1) is 17.7. The van der Waals surface area contributed by atoms with Crippen LogP contribution in [0.2, 0.25) is 5.02 Å². The molecular formula is C18H26ClN3O2. The van der Waals surface area contributed by atoms with Crippen molar-refractivity contribution in [1.82, 2.24) is 10.2 Å². The summed E-state index contributed by atoms with van der Waals surface area (Å²) >= 11 is 5.93. The van der Waals surface area contributed by atoms with Crippen LogP contribution in [0.3, 0.4) is 0 Å². The number of amides is 1. The van der Waals surface area contributed by atoms with E-state index in [1.807, 2.05) is 12.1 Å². The van der Waals surface area contributed by atoms with Crippen LogP contribution in [0.1, 0.15) is 31.2 Å². The van der Waals surface area contributed by atoms with Crippen LogP contribution < -0.4 is 11.1 Å². The van der Waals surface area contributed by atoms with E-state index in [-0.39, 0.29) is 11.9 Å². The van der Waals surface area contributed by atoms with E-state index >= 15 is 0 Å². The third-order valence-corrected chi connectivity index (χ3v) is 5.33. The number of hydrogen-bond acceptors (Lipinski definition) is 4. The van der Waals surface area contributed by atoms with Crippen molar-refractivity contribution in [3.05, 3.63) is 34.9 Å². The van der Waals surface area contributed by atoms with Gasteiger partial charge >= 0.3 is 0 Å². The van der Waals surface area contributed by atoms with E-state index in [9.17, 15) is 4.79 Å². The molecule has 0 unspecified atom stereocenters. The number of rotatable bonds is 4. The zero-order valence-electron chi connectivity index (χ0n) is 14.0. The molecule has 3 N–H and O–H groups in total. The normalized spacial score (nSPS) is 22.2. The number of benzene rings is 1. The molecule has 0 atom stereocenters. The maximum Gasteiger partial charge on any atom is 0.240 e. The van der Waals surface area contributed by atoms with Crippen molar-refractivity contribution >= 4 is 17.5 Å². The molecule has 5 nitrogen and oxygen atoms in total. The number of piperidine rings is 1. The van der Waals surface area contributed by atoms with Crippen LogP contribution in [-0.2, 0) is 16.1 Å². The largest absolute Gasteiger partial charge is 0.381 e. The van der Waals surface area contributed by atoms with Crippen LogP contribution in [-0.4, -0.2) is 48.7 Å². The van der Waals surface area contributed by atoms with Gasteiger partial charge in [-0.3, -0.25) is 9.69 Å². The lowest BCUT2D eigenvalue weighted by atomic mass is 9.89. The number of halogens is 1. The molecule has 0 bridgehead atoms. The summed E-state index contributed by atoms with van der Waals surface area (Å²) in [5.74, 6) is -0.0121. The van der Waals surface area contributed by atoms with Gasteiger partial charge in [0.2, 0.25) is 5.91 Å². The highest BCUT2D eigenvalue weighted by Crippen LogP contribution is 2.20. The number of nitrogens with two attached hydrogens (primary N) is 1. The standard InChI is InChI=1S/C18H26ClN3O2/c19-15-3-1-14(2-4-15)13-22-9-5-16(6-10-22)21-17(23)18(20)7-11-24-12-8-18/h1-4,16H,5-13,20H2,(H,21,23). The Kier molecular flexibility index (Phi) is 5.76. The molecular weight excluding hydrogens is 326 g/mol. The summed E-state index contributed by atoms with van der Waals surface area (Å²) in [5.41, 5.74) is 6.77. The number of hydrogen-bond donors (Lipinski definition) is 2. The fourth-order valence-corrected chi connectivity index (χ4v) is 3.50. The highest BCUT2D eigenvalue weighted by Gasteiger charge is 2.37. The van der Waals surface area contributed by atoms with Crippen LogP contribution >= 0.6 is 11.6 Å². The van der Waals surface area contributed by atoms with Crippen molar-refractivity contribution < 1.29 is 9.53 Å². The molecule has 0 aliphatic carbocycles. The van der Waals surface area contributed by atoms with Gasteiger partial charge in [0.05, 0.1) is 5.54 Å². The van der Waals surface area contributed by atoms with Gasteiger partial charge in [-0.1, -0.05) is 23.7 Å². The average Bonchev–Trinajstić information content (AvgIpc) is 2.59. The molecule has 1 aromatic rings. The number of carbonyl (C=O) groups is 1. The Bertz CT molecular complexity index is 550. The van der Waals surface area contributed by atoms with E-state index in [4.69, 9.17) is 22.1 Å². The molecule has 0 saturated carbocycles. The fraction of sp³-hybridized carbons (Fsp3) is 0.611. The molecule has 24 heavy (non-hydrogen) atoms. The summed E-state index contributed by atoms with van der Waals surface area (Å²) in [7, 11) is 0. The molecule has 2 fully saturated rings. The molecule has 0 radical (unpaired) electrons. The van der Waals surface area contributed by atoms with Crippen LogP contribution in [0.15, 0.2) is 24.3 Å². The predicted molar refractivity (Wildman–Crippen MR) is 94.9 cm³/mol. The van der Waals surface area contributed by atoms with Gasteiger partial charge in [0, 0.05) is 43.9 Å². The summed E-state index contributed by atoms with van der Waals surface area (Å²) < 4.78 is 5.31. The van der Waals surface area contributed by atoms with Crippen molar-refractivity contribution in [2.75, 3.05) is 26.3 Å². The van der Waals surface area contributed by atoms with Gasteiger partial charge < -0.3 is 15.8 Å². The van der Waals surface area contributed by atoms with E-state index < -0.39 is 5.54 Å². The first-order valence-electron chi connectivity index (χ1n) is 8.70. The number of carbonyl (C=O) groups excluding carboxylic acids is 1. The van der Waals surface area contributed by atoms with Gasteiger partial charge in [-0.15, -0.1) is 0 Å². The maximum absolute atomic E-state index is 12.5. The Morgan fingerprint density at radius 2 is 1.88 bits per heavy atom. The highest BCUT2D eigenvalue weighted by atomic mass is 35.5. The molecule has 3 rings (SSSR count). The van der Waals surface area contributed by atoms with Crippen molar-refractivity contribution in [1.29, 1.82) is 0 Å². The lowest BCUT2D eigenvalue weighted by Gasteiger charge is -2.36. The van der Waals surface area contributed by atoms with E-state index in [0.717, 1.165) is 37.5 Å². The number of ether oxygens (including phenoxy) is 1. The molecule has 1 aromatic carbocycles. The zero-order valence-corrected chi connectivity index (χ0v) is 14.7. The second kappa shape index (κ2) is 7.83. The zero-order chi connectivity index (χ0) is 17.0. The fourth-order valence-electron chi connectivity index (χ4n) is 3.38. The minimum atomic E-state index is -0.751. The van der Waals surface area contributed by atoms with Crippen molar-refractivity contribution in [3.63, 3.8) is 0 Å². The molecule has 1 amide bonds. The summed E-state index contributed by atoms with van der Waals surface area (Å²) in [6, 6.07) is 8.22. The first-order valence-corrected chi connectivity index (χ1v) is 9.07. The topological polar surface area (TPSA) is 67.6 Å². The van der Waals surface area contributed by atoms with Crippen LogP contribution in [0.5, 0.6) is 0 Å². The number of nitrogens with zero attached hydrogens (tertiary/aromatic N) is 1. The quantitative estimate of drug-likeness (QED) is 0.869. The lowest BCUT2D eigenvalue weighted by molar-refractivity contribution is -0.130. The van der Waals surface area contributed by atoms with Gasteiger partial charge in [0.15, 0.2) is 0 Å². The van der Waals surface area contributed by atoms with E-state index in [1.54, 1.807) is 0 Å². The van der Waals surface area contributed by atoms with Gasteiger partial charge in [0.1, 0.15) is 0 Å². The van der Waals surface area contributed by atoms with Crippen molar-refractivity contribution in [3.8, 4) is 0 Å². The minimum Gasteiger partial charge on any atom is -0.381 e. The minimum absolute atomic E-state index is 0.0121. The third-order valence-electron chi connectivity index (χ3n) is 5.08. The Morgan fingerprint density at radius 1 is 1.25 bits per heavy atom. The van der Waals surface area contributed by atoms with Crippen LogP contribution in [0.4, 0.5) is 0 Å². The lowest BCUT2D eigenvalue weighted by Crippen LogP contribution is -2.59. The van der Waals surface area contributed by atoms with Crippen LogP contribution in [0.25, 0.3) is 0 Å². The SMILES string of the molecule is NC1(C(=O)NC2CCN(Cc3ccc(Cl)cc3)CC2)CCOCC1. The molecule has 2 aliphatic rings. The second-order valence-electron chi connectivity index (χ2n) is 6.92. The van der Waals surface area contributed by atoms with E-state index in [2.05, 4.69) is 22.3 Å². The third kappa shape index (κ3) is 4.48. The van der Waals surface area contributed by atoms with Gasteiger partial charge in [0.25, 0.3) is 0 Å². The highest BCUT2D eigenvalue weighted by molar-refractivity contribution is 6.30. The van der Waals surface area contributed by atoms with Gasteiger partial charge in [-0.25, -0.2) is 0 Å². The summed E-state index contributed by atoms with van der Waals surface area (Å²) in [5, 5.41) is 3.92. The predicted octanol–water partition coefficient (Wildman–Crippen LogP) is 1.93. The Hall–Kier alpha value is -1.14. The Morgan fingerprint density at radius 3 is 2.50 bits per heavy atom. The van der Waals surface area contributed by atoms with Crippen LogP contribution in [0, 0.1) is 0 Å². The smallest absolute Gasteiger partial charge is 0.240 e. The summed E-state index contributed by atoms with van der Waals surface area (Å²) in [4.78, 5) is 14.9. The van der Waals surface area contributed by atoms with Crippen molar-refractivity contribution in [2.24, 2.45) is 5.73 Å². The molecule has 6 heteroatoms. The monoisotopic (exact) mass is 351 g/mol. The molecule has 0 spiro atoms. The maximum atomic E-state index is 12.5. The second-order valence-corrected chi connectivity index (χ2v) is 7.36. The van der Waals surface area contributed by atoms with E-state index in [0.29, 0.717) is 26.1 Å². The van der Waals surface area contributed by atoms with Gasteiger partial charge in [-0.05, 0) is 43.4 Å². The molecule has 2 aliphatic heterocycles. The summed E-state index contributed by atoms with van der Waals surface area (Å²) in [6.07, 6.45) is 3.14.